The van der Waals surface area contributed by atoms with Gasteiger partial charge in [-0.1, -0.05) is 24.3 Å². The van der Waals surface area contributed by atoms with Gasteiger partial charge in [-0.25, -0.2) is 0 Å². The summed E-state index contributed by atoms with van der Waals surface area (Å²) in [5, 5.41) is 23.3. The Morgan fingerprint density at radius 2 is 1.72 bits per heavy atom. The van der Waals surface area contributed by atoms with Gasteiger partial charge in [0.05, 0.1) is 21.4 Å². The molecule has 1 aliphatic rings. The molecule has 4 rings (SSSR count). The highest BCUT2D eigenvalue weighted by molar-refractivity contribution is 7.12. The SMILES string of the molecule is O=C(C1=C(O)C(=O)N(c2ccccc2)[C@@H]1c1ccc([N+](=O)[O-])cc1)c1cccs1. The Bertz CT molecular complexity index is 1120. The third-order valence-electron chi connectivity index (χ3n) is 4.65. The first kappa shape index (κ1) is 18.6. The quantitative estimate of drug-likeness (QED) is 0.383. The van der Waals surface area contributed by atoms with Crippen LogP contribution in [0.25, 0.3) is 0 Å². The topological polar surface area (TPSA) is 101 Å². The number of benzene rings is 2. The average molecular weight is 406 g/mol. The van der Waals surface area contributed by atoms with Crippen molar-refractivity contribution in [3.63, 3.8) is 0 Å². The molecule has 7 nitrogen and oxygen atoms in total. The zero-order valence-electron chi connectivity index (χ0n) is 14.9. The van der Waals surface area contributed by atoms with E-state index in [1.54, 1.807) is 47.8 Å². The second-order valence-electron chi connectivity index (χ2n) is 6.33. The number of para-hydroxylation sites is 1. The van der Waals surface area contributed by atoms with E-state index in [4.69, 9.17) is 0 Å². The summed E-state index contributed by atoms with van der Waals surface area (Å²) in [5.74, 6) is -1.76. The number of nitrogens with zero attached hydrogens (tertiary/aromatic N) is 2. The van der Waals surface area contributed by atoms with Crippen molar-refractivity contribution in [1.82, 2.24) is 0 Å². The molecule has 1 N–H and O–H groups in total. The molecule has 0 radical (unpaired) electrons. The third kappa shape index (κ3) is 3.19. The zero-order chi connectivity index (χ0) is 20.5. The van der Waals surface area contributed by atoms with Gasteiger partial charge in [-0.05, 0) is 41.3 Å². The molecule has 0 unspecified atom stereocenters. The fourth-order valence-electron chi connectivity index (χ4n) is 3.33. The van der Waals surface area contributed by atoms with E-state index in [9.17, 15) is 24.8 Å². The van der Waals surface area contributed by atoms with E-state index in [1.807, 2.05) is 0 Å². The predicted octanol–water partition coefficient (Wildman–Crippen LogP) is 4.44. The minimum atomic E-state index is -0.902. The van der Waals surface area contributed by atoms with Gasteiger partial charge in [0.2, 0.25) is 5.78 Å². The number of carbonyl (C=O) groups excluding carboxylic acids is 2. The summed E-state index contributed by atoms with van der Waals surface area (Å²) in [6.45, 7) is 0. The second-order valence-corrected chi connectivity index (χ2v) is 7.28. The Labute approximate surface area is 169 Å². The molecule has 29 heavy (non-hydrogen) atoms. The Kier molecular flexibility index (Phi) is 4.69. The van der Waals surface area contributed by atoms with Crippen molar-refractivity contribution in [3.8, 4) is 0 Å². The first-order chi connectivity index (χ1) is 14.0. The summed E-state index contributed by atoms with van der Waals surface area (Å²) in [7, 11) is 0. The normalized spacial score (nSPS) is 16.3. The zero-order valence-corrected chi connectivity index (χ0v) is 15.7. The van der Waals surface area contributed by atoms with Crippen LogP contribution >= 0.6 is 11.3 Å². The van der Waals surface area contributed by atoms with Gasteiger partial charge >= 0.3 is 0 Å². The molecule has 0 saturated heterocycles. The average Bonchev–Trinajstić information content (AvgIpc) is 3.36. The van der Waals surface area contributed by atoms with Crippen molar-refractivity contribution in [2.24, 2.45) is 0 Å². The standard InChI is InChI=1S/C21H14N2O5S/c24-19(16-7-4-12-29-16)17-18(13-8-10-15(11-9-13)23(27)28)22(21(26)20(17)25)14-5-2-1-3-6-14/h1-12,18,25H/t18-/m1/s1. The molecule has 2 heterocycles. The number of non-ortho nitro benzene ring substituents is 1. The summed E-state index contributed by atoms with van der Waals surface area (Å²) < 4.78 is 0. The Morgan fingerprint density at radius 3 is 2.31 bits per heavy atom. The van der Waals surface area contributed by atoms with Crippen molar-refractivity contribution >= 4 is 34.4 Å². The lowest BCUT2D eigenvalue weighted by Gasteiger charge is -2.26. The number of ketones is 1. The highest BCUT2D eigenvalue weighted by Crippen LogP contribution is 2.42. The van der Waals surface area contributed by atoms with Crippen molar-refractivity contribution in [2.45, 2.75) is 6.04 Å². The van der Waals surface area contributed by atoms with Crippen LogP contribution in [0, 0.1) is 10.1 Å². The number of aliphatic hydroxyl groups is 1. The molecule has 144 valence electrons. The number of hydrogen-bond acceptors (Lipinski definition) is 6. The van der Waals surface area contributed by atoms with Gasteiger partial charge in [-0.3, -0.25) is 24.6 Å². The summed E-state index contributed by atoms with van der Waals surface area (Å²) in [6, 6.07) is 16.7. The minimum Gasteiger partial charge on any atom is -0.503 e. The third-order valence-corrected chi connectivity index (χ3v) is 5.52. The molecule has 0 bridgehead atoms. The van der Waals surface area contributed by atoms with Crippen LogP contribution in [0.3, 0.4) is 0 Å². The molecule has 1 amide bonds. The Morgan fingerprint density at radius 1 is 1.03 bits per heavy atom. The van der Waals surface area contributed by atoms with Gasteiger partial charge < -0.3 is 5.11 Å². The van der Waals surface area contributed by atoms with E-state index >= 15 is 0 Å². The van der Waals surface area contributed by atoms with E-state index in [2.05, 4.69) is 0 Å². The summed E-state index contributed by atoms with van der Waals surface area (Å²) in [5.41, 5.74) is 0.831. The van der Waals surface area contributed by atoms with Crippen molar-refractivity contribution in [1.29, 1.82) is 0 Å². The van der Waals surface area contributed by atoms with Crippen LogP contribution in [0.5, 0.6) is 0 Å². The molecule has 1 aliphatic heterocycles. The van der Waals surface area contributed by atoms with Crippen LogP contribution in [-0.4, -0.2) is 21.7 Å². The number of hydrogen-bond donors (Lipinski definition) is 1. The minimum absolute atomic E-state index is 0.0462. The highest BCUT2D eigenvalue weighted by Gasteiger charge is 2.44. The number of thiophene rings is 1. The van der Waals surface area contributed by atoms with E-state index < -0.39 is 28.4 Å². The van der Waals surface area contributed by atoms with E-state index in [1.165, 1.54) is 40.5 Å². The number of anilines is 1. The van der Waals surface area contributed by atoms with Gasteiger partial charge in [-0.15, -0.1) is 11.3 Å². The van der Waals surface area contributed by atoms with Gasteiger partial charge in [-0.2, -0.15) is 0 Å². The van der Waals surface area contributed by atoms with Crippen LogP contribution in [-0.2, 0) is 4.79 Å². The first-order valence-electron chi connectivity index (χ1n) is 8.63. The number of rotatable bonds is 5. The number of nitro benzene ring substituents is 1. The smallest absolute Gasteiger partial charge is 0.294 e. The van der Waals surface area contributed by atoms with Crippen LogP contribution in [0.1, 0.15) is 21.3 Å². The number of nitro groups is 1. The molecule has 0 fully saturated rings. The molecule has 0 saturated carbocycles. The molecule has 2 aromatic carbocycles. The maximum absolute atomic E-state index is 13.1. The second kappa shape index (κ2) is 7.33. The van der Waals surface area contributed by atoms with Crippen molar-refractivity contribution < 1.29 is 19.6 Å². The fourth-order valence-corrected chi connectivity index (χ4v) is 4.00. The first-order valence-corrected chi connectivity index (χ1v) is 9.51. The van der Waals surface area contributed by atoms with Gasteiger partial charge in [0.25, 0.3) is 11.6 Å². The summed E-state index contributed by atoms with van der Waals surface area (Å²) >= 11 is 1.21. The number of Topliss-reactive ketones (excluding diaryl/α,β-unsaturated/α-hetero) is 1. The van der Waals surface area contributed by atoms with Gasteiger partial charge in [0.15, 0.2) is 5.76 Å². The number of aliphatic hydroxyl groups excluding tert-OH is 1. The lowest BCUT2D eigenvalue weighted by Crippen LogP contribution is -2.30. The van der Waals surface area contributed by atoms with Gasteiger partial charge in [0.1, 0.15) is 0 Å². The van der Waals surface area contributed by atoms with Gasteiger partial charge in [0, 0.05) is 17.8 Å². The highest BCUT2D eigenvalue weighted by atomic mass is 32.1. The molecule has 3 aromatic rings. The molecule has 1 atom stereocenters. The number of amides is 1. The maximum atomic E-state index is 13.1. The largest absolute Gasteiger partial charge is 0.503 e. The lowest BCUT2D eigenvalue weighted by molar-refractivity contribution is -0.384. The predicted molar refractivity (Wildman–Crippen MR) is 108 cm³/mol. The summed E-state index contributed by atoms with van der Waals surface area (Å²) in [4.78, 5) is 38.2. The van der Waals surface area contributed by atoms with Crippen LogP contribution in [0.15, 0.2) is 83.4 Å². The Hall–Kier alpha value is -3.78. The van der Waals surface area contributed by atoms with Crippen LogP contribution in [0.2, 0.25) is 0 Å². The molecule has 8 heteroatoms. The maximum Gasteiger partial charge on any atom is 0.294 e. The molecular formula is C21H14N2O5S. The molecular weight excluding hydrogens is 392 g/mol. The van der Waals surface area contributed by atoms with Crippen LogP contribution in [0.4, 0.5) is 11.4 Å². The van der Waals surface area contributed by atoms with E-state index in [-0.39, 0.29) is 11.3 Å². The van der Waals surface area contributed by atoms with Crippen LogP contribution < -0.4 is 4.90 Å². The summed E-state index contributed by atoms with van der Waals surface area (Å²) in [6.07, 6.45) is 0. The van der Waals surface area contributed by atoms with E-state index in [0.717, 1.165) is 0 Å². The van der Waals surface area contributed by atoms with Crippen molar-refractivity contribution in [2.75, 3.05) is 4.90 Å². The van der Waals surface area contributed by atoms with Crippen molar-refractivity contribution in [3.05, 3.63) is 104 Å². The number of carbonyl (C=O) groups is 2. The molecule has 1 aromatic heterocycles. The molecule has 0 spiro atoms. The fraction of sp³-hybridized carbons (Fsp3) is 0.0476. The Balaban J connectivity index is 1.87. The monoisotopic (exact) mass is 406 g/mol. The lowest BCUT2D eigenvalue weighted by atomic mass is 9.95. The van der Waals surface area contributed by atoms with E-state index in [0.29, 0.717) is 16.1 Å². The molecule has 0 aliphatic carbocycles.